The Balaban J connectivity index is 1.52. The smallest absolute Gasteiger partial charge is 0.257 e. The van der Waals surface area contributed by atoms with Gasteiger partial charge in [0.2, 0.25) is 11.9 Å². The fourth-order valence-corrected chi connectivity index (χ4v) is 4.01. The molecule has 7 heteroatoms. The molecule has 0 aliphatic rings. The number of nitrogens with zero attached hydrogens (tertiary/aromatic N) is 1. The summed E-state index contributed by atoms with van der Waals surface area (Å²) in [7, 11) is 0. The van der Waals surface area contributed by atoms with Crippen LogP contribution in [0.25, 0.3) is 10.9 Å². The number of carbonyl (C=O) groups excluding carboxylic acids is 2. The van der Waals surface area contributed by atoms with E-state index in [2.05, 4.69) is 38.1 Å². The fraction of sp³-hybridized carbons (Fsp3) is 0.179. The van der Waals surface area contributed by atoms with E-state index in [4.69, 9.17) is 0 Å². The third-order valence-electron chi connectivity index (χ3n) is 5.51. The van der Waals surface area contributed by atoms with Gasteiger partial charge in [-0.2, -0.15) is 0 Å². The quantitative estimate of drug-likeness (QED) is 0.232. The summed E-state index contributed by atoms with van der Waals surface area (Å²) < 4.78 is 0. The molecule has 0 spiro atoms. The molecule has 1 aromatic heterocycles. The zero-order valence-electron chi connectivity index (χ0n) is 20.1. The van der Waals surface area contributed by atoms with Gasteiger partial charge < -0.3 is 15.6 Å². The molecule has 0 atom stereocenters. The minimum absolute atomic E-state index is 0.163. The van der Waals surface area contributed by atoms with Gasteiger partial charge in [-0.1, -0.05) is 24.3 Å². The van der Waals surface area contributed by atoms with E-state index in [1.807, 2.05) is 50.4 Å². The summed E-state index contributed by atoms with van der Waals surface area (Å²) in [5.74, 6) is -0.0719. The van der Waals surface area contributed by atoms with Crippen LogP contribution in [0.3, 0.4) is 0 Å². The second-order valence-electron chi connectivity index (χ2n) is 8.55. The minimum Gasteiger partial charge on any atom is -0.361 e. The zero-order valence-corrected chi connectivity index (χ0v) is 20.1. The number of aliphatic imine (C=N–C) groups is 1. The van der Waals surface area contributed by atoms with Crippen molar-refractivity contribution in [1.82, 2.24) is 10.3 Å². The SMILES string of the molecule is CC(=O)Nc1ccc(C(=O)NC(=NCCc2c[nH]c3ccccc23)Nc2cc(C)cc(C)c2)cc1. The van der Waals surface area contributed by atoms with Crippen LogP contribution in [0.15, 0.2) is 77.9 Å². The minimum atomic E-state index is -0.290. The van der Waals surface area contributed by atoms with Gasteiger partial charge in [-0.15, -0.1) is 0 Å². The number of hydrogen-bond acceptors (Lipinski definition) is 3. The number of H-pyrrole nitrogens is 1. The van der Waals surface area contributed by atoms with Gasteiger partial charge in [0.15, 0.2) is 0 Å². The van der Waals surface area contributed by atoms with Gasteiger partial charge in [-0.3, -0.25) is 19.9 Å². The second kappa shape index (κ2) is 10.7. The first-order valence-corrected chi connectivity index (χ1v) is 11.5. The highest BCUT2D eigenvalue weighted by molar-refractivity contribution is 6.10. The number of nitrogens with one attached hydrogen (secondary N) is 4. The summed E-state index contributed by atoms with van der Waals surface area (Å²) in [5.41, 5.74) is 6.46. The molecule has 0 saturated carbocycles. The Hall–Kier alpha value is -4.39. The van der Waals surface area contributed by atoms with Crippen molar-refractivity contribution in [3.63, 3.8) is 0 Å². The van der Waals surface area contributed by atoms with E-state index in [1.165, 1.54) is 17.9 Å². The lowest BCUT2D eigenvalue weighted by Crippen LogP contribution is -2.36. The first kappa shape index (κ1) is 23.8. The Bertz CT molecular complexity index is 1370. The van der Waals surface area contributed by atoms with Crippen molar-refractivity contribution < 1.29 is 9.59 Å². The number of fused-ring (bicyclic) bond motifs is 1. The van der Waals surface area contributed by atoms with Gasteiger partial charge in [0.05, 0.1) is 0 Å². The van der Waals surface area contributed by atoms with E-state index in [9.17, 15) is 9.59 Å². The molecule has 0 aliphatic carbocycles. The van der Waals surface area contributed by atoms with Crippen LogP contribution in [0.2, 0.25) is 0 Å². The van der Waals surface area contributed by atoms with E-state index in [0.717, 1.165) is 28.8 Å². The molecule has 0 saturated heterocycles. The number of guanidine groups is 1. The van der Waals surface area contributed by atoms with Crippen molar-refractivity contribution in [1.29, 1.82) is 0 Å². The standard InChI is InChI=1S/C28H29N5O2/c1-18-14-19(2)16-24(15-18)32-28(29-13-12-22-17-30-26-7-5-4-6-25(22)26)33-27(35)21-8-10-23(11-9-21)31-20(3)34/h4-11,14-17,30H,12-13H2,1-3H3,(H,31,34)(H2,29,32,33,35). The van der Waals surface area contributed by atoms with Crippen LogP contribution in [0.4, 0.5) is 11.4 Å². The molecule has 35 heavy (non-hydrogen) atoms. The molecule has 2 amide bonds. The Labute approximate surface area is 204 Å². The first-order valence-electron chi connectivity index (χ1n) is 11.5. The first-order chi connectivity index (χ1) is 16.9. The van der Waals surface area contributed by atoms with Crippen LogP contribution in [0.1, 0.15) is 34.0 Å². The summed E-state index contributed by atoms with van der Waals surface area (Å²) in [6, 6.07) is 21.0. The monoisotopic (exact) mass is 467 g/mol. The van der Waals surface area contributed by atoms with Crippen molar-refractivity contribution in [3.8, 4) is 0 Å². The van der Waals surface area contributed by atoms with E-state index in [0.29, 0.717) is 23.8 Å². The number of aromatic nitrogens is 1. The molecule has 4 rings (SSSR count). The van der Waals surface area contributed by atoms with Crippen molar-refractivity contribution in [2.24, 2.45) is 4.99 Å². The van der Waals surface area contributed by atoms with Crippen LogP contribution in [0.5, 0.6) is 0 Å². The topological polar surface area (TPSA) is 98.4 Å². The lowest BCUT2D eigenvalue weighted by Gasteiger charge is -2.13. The third kappa shape index (κ3) is 6.35. The molecular formula is C28H29N5O2. The van der Waals surface area contributed by atoms with Crippen molar-refractivity contribution in [2.75, 3.05) is 17.2 Å². The number of para-hydroxylation sites is 1. The van der Waals surface area contributed by atoms with E-state index in [-0.39, 0.29) is 11.8 Å². The number of benzene rings is 3. The number of aromatic amines is 1. The largest absolute Gasteiger partial charge is 0.361 e. The molecule has 4 N–H and O–H groups in total. The van der Waals surface area contributed by atoms with Gasteiger partial charge in [0.1, 0.15) is 0 Å². The molecule has 0 fully saturated rings. The summed E-state index contributed by atoms with van der Waals surface area (Å²) >= 11 is 0. The van der Waals surface area contributed by atoms with Crippen molar-refractivity contribution in [2.45, 2.75) is 27.2 Å². The maximum Gasteiger partial charge on any atom is 0.257 e. The Morgan fingerprint density at radius 1 is 0.886 bits per heavy atom. The van der Waals surface area contributed by atoms with Crippen molar-refractivity contribution >= 4 is 40.1 Å². The molecule has 178 valence electrons. The Morgan fingerprint density at radius 2 is 1.60 bits per heavy atom. The third-order valence-corrected chi connectivity index (χ3v) is 5.51. The number of amides is 2. The van der Waals surface area contributed by atoms with Crippen molar-refractivity contribution in [3.05, 3.63) is 95.2 Å². The molecule has 1 heterocycles. The van der Waals surface area contributed by atoms with E-state index < -0.39 is 0 Å². The van der Waals surface area contributed by atoms with Gasteiger partial charge in [-0.05, 0) is 79.4 Å². The summed E-state index contributed by atoms with van der Waals surface area (Å²) in [4.78, 5) is 32.2. The fourth-order valence-electron chi connectivity index (χ4n) is 4.01. The molecule has 0 radical (unpaired) electrons. The van der Waals surface area contributed by atoms with Gasteiger partial charge in [-0.25, -0.2) is 0 Å². The number of hydrogen-bond donors (Lipinski definition) is 4. The number of anilines is 2. The highest BCUT2D eigenvalue weighted by atomic mass is 16.2. The van der Waals surface area contributed by atoms with Crippen LogP contribution in [-0.4, -0.2) is 29.3 Å². The Morgan fingerprint density at radius 3 is 2.31 bits per heavy atom. The Kier molecular flexibility index (Phi) is 7.26. The molecular weight excluding hydrogens is 438 g/mol. The lowest BCUT2D eigenvalue weighted by atomic mass is 10.1. The summed E-state index contributed by atoms with van der Waals surface area (Å²) in [6.07, 6.45) is 2.73. The van der Waals surface area contributed by atoms with E-state index >= 15 is 0 Å². The van der Waals surface area contributed by atoms with Crippen LogP contribution in [0, 0.1) is 13.8 Å². The normalized spacial score (nSPS) is 11.3. The van der Waals surface area contributed by atoms with Gasteiger partial charge in [0.25, 0.3) is 5.91 Å². The predicted molar refractivity (Wildman–Crippen MR) is 142 cm³/mol. The molecule has 7 nitrogen and oxygen atoms in total. The molecule has 3 aromatic carbocycles. The van der Waals surface area contributed by atoms with Gasteiger partial charge >= 0.3 is 0 Å². The highest BCUT2D eigenvalue weighted by Crippen LogP contribution is 2.18. The average Bonchev–Trinajstić information content (AvgIpc) is 3.21. The average molecular weight is 468 g/mol. The molecule has 0 aliphatic heterocycles. The van der Waals surface area contributed by atoms with Crippen LogP contribution in [-0.2, 0) is 11.2 Å². The number of rotatable bonds is 6. The number of carbonyl (C=O) groups is 2. The van der Waals surface area contributed by atoms with E-state index in [1.54, 1.807) is 24.3 Å². The van der Waals surface area contributed by atoms with Crippen LogP contribution < -0.4 is 16.0 Å². The van der Waals surface area contributed by atoms with Gasteiger partial charge in [0, 0.05) is 47.5 Å². The highest BCUT2D eigenvalue weighted by Gasteiger charge is 2.11. The second-order valence-corrected chi connectivity index (χ2v) is 8.55. The maximum atomic E-state index is 13.0. The molecule has 0 bridgehead atoms. The summed E-state index contributed by atoms with van der Waals surface area (Å²) in [5, 5.41) is 10.0. The maximum absolute atomic E-state index is 13.0. The lowest BCUT2D eigenvalue weighted by molar-refractivity contribution is -0.114. The zero-order chi connectivity index (χ0) is 24.8. The summed E-state index contributed by atoms with van der Waals surface area (Å²) in [6.45, 7) is 6.00. The van der Waals surface area contributed by atoms with Crippen LogP contribution >= 0.6 is 0 Å². The molecule has 4 aromatic rings. The molecule has 0 unspecified atom stereocenters. The predicted octanol–water partition coefficient (Wildman–Crippen LogP) is 5.18. The number of aryl methyl sites for hydroxylation is 2.